The Bertz CT molecular complexity index is 4510. The number of rotatable bonds is 21. The number of benzene rings is 10. The summed E-state index contributed by atoms with van der Waals surface area (Å²) in [6.45, 7) is 30.3. The summed E-state index contributed by atoms with van der Waals surface area (Å²) in [5.74, 6) is -0.622. The van der Waals surface area contributed by atoms with E-state index in [1.165, 1.54) is 55.6 Å². The average molecular weight is 1470 g/mol. The number of hydrogen-bond acceptors (Lipinski definition) is 10. The zero-order valence-electron chi connectivity index (χ0n) is 63.9. The smallest absolute Gasteiger partial charge is 1.00 e. The number of anilines is 2. The number of nitrogens with one attached hydrogen (secondary N) is 2. The third-order valence-electron chi connectivity index (χ3n) is 18.3. The van der Waals surface area contributed by atoms with Gasteiger partial charge in [-0.25, -0.2) is 0 Å². The summed E-state index contributed by atoms with van der Waals surface area (Å²) < 4.78 is 25.3. The first-order valence-electron chi connectivity index (χ1n) is 34.5. The van der Waals surface area contributed by atoms with E-state index in [0.29, 0.717) is 25.7 Å². The minimum absolute atomic E-state index is 0. The molecule has 10 rings (SSSR count). The van der Waals surface area contributed by atoms with Crippen LogP contribution in [0.1, 0.15) is 188 Å². The molecule has 0 aromatic heterocycles. The molecule has 10 aromatic carbocycles. The Morgan fingerprint density at radius 3 is 0.913 bits per heavy atom. The minimum Gasteiger partial charge on any atom is -1.00 e. The molecular formula is C89H100Ca2N2O10S. The number of ketones is 2. The monoisotopic (exact) mass is 1470 g/mol. The molecule has 536 valence electrons. The van der Waals surface area contributed by atoms with Gasteiger partial charge in [0.1, 0.15) is 0 Å². The maximum Gasteiger partial charge on any atom is 2.00 e. The van der Waals surface area contributed by atoms with Gasteiger partial charge in [0.2, 0.25) is 11.8 Å². The van der Waals surface area contributed by atoms with Gasteiger partial charge in [-0.3, -0.25) is 19.2 Å². The second-order valence-electron chi connectivity index (χ2n) is 28.4. The van der Waals surface area contributed by atoms with Crippen molar-refractivity contribution >= 4 is 121 Å². The van der Waals surface area contributed by atoms with E-state index in [-0.39, 0.29) is 128 Å². The fourth-order valence-corrected chi connectivity index (χ4v) is 13.0. The first-order valence-corrected chi connectivity index (χ1v) is 35.5. The molecule has 0 saturated carbocycles. The molecule has 10 aromatic rings. The van der Waals surface area contributed by atoms with Gasteiger partial charge in [-0.2, -0.15) is 0 Å². The summed E-state index contributed by atoms with van der Waals surface area (Å²) in [5, 5.41) is 6.40. The zero-order valence-corrected chi connectivity index (χ0v) is 68.1. The fourth-order valence-electron chi connectivity index (χ4n) is 13.0. The van der Waals surface area contributed by atoms with Crippen LogP contribution in [0.2, 0.25) is 0 Å². The molecule has 15 heteroatoms. The summed E-state index contributed by atoms with van der Waals surface area (Å²) >= 11 is 0. The van der Waals surface area contributed by atoms with Crippen molar-refractivity contribution in [2.45, 2.75) is 165 Å². The Kier molecular flexibility index (Phi) is 36.6. The molecule has 12 nitrogen and oxygen atoms in total. The molecule has 0 aliphatic carbocycles. The predicted molar refractivity (Wildman–Crippen MR) is 428 cm³/mol. The molecule has 0 heterocycles. The van der Waals surface area contributed by atoms with Gasteiger partial charge in [0.15, 0.2) is 11.6 Å². The van der Waals surface area contributed by atoms with Gasteiger partial charge < -0.3 is 28.5 Å². The Morgan fingerprint density at radius 2 is 0.644 bits per heavy atom. The van der Waals surface area contributed by atoms with E-state index in [1.807, 2.05) is 79.7 Å². The van der Waals surface area contributed by atoms with Crippen molar-refractivity contribution in [3.8, 4) is 44.5 Å². The molecule has 0 spiro atoms. The minimum atomic E-state index is -3.11. The third kappa shape index (κ3) is 25.6. The average Bonchev–Trinajstić information content (AvgIpc) is 0.820. The summed E-state index contributed by atoms with van der Waals surface area (Å²) in [6.07, 6.45) is 4.86. The molecule has 2 amide bonds. The number of aryl methyl sites for hydroxylation is 6. The summed E-state index contributed by atoms with van der Waals surface area (Å²) in [4.78, 5) is 53.1. The van der Waals surface area contributed by atoms with Crippen molar-refractivity contribution < 1.29 is 49.7 Å². The van der Waals surface area contributed by atoms with E-state index < -0.39 is 22.4 Å². The van der Waals surface area contributed by atoms with Gasteiger partial charge in [-0.1, -0.05) is 267 Å². The Labute approximate surface area is 679 Å². The van der Waals surface area contributed by atoms with Gasteiger partial charge in [0.25, 0.3) is 0 Å². The van der Waals surface area contributed by atoms with Crippen LogP contribution in [0.3, 0.4) is 0 Å². The Balaban J connectivity index is 0.000000644. The molecule has 104 heavy (non-hydrogen) atoms. The van der Waals surface area contributed by atoms with Crippen molar-refractivity contribution in [3.63, 3.8) is 0 Å². The van der Waals surface area contributed by atoms with Gasteiger partial charge >= 0.3 is 86.1 Å². The second kappa shape index (κ2) is 42.0. The summed E-state index contributed by atoms with van der Waals surface area (Å²) in [7, 11) is -3.11. The van der Waals surface area contributed by atoms with Crippen LogP contribution in [0.25, 0.3) is 44.5 Å². The zero-order chi connectivity index (χ0) is 71.7. The molecule has 2 atom stereocenters. The van der Waals surface area contributed by atoms with Crippen molar-refractivity contribution in [2.24, 2.45) is 0 Å². The van der Waals surface area contributed by atoms with Crippen LogP contribution >= 0.6 is 0 Å². The van der Waals surface area contributed by atoms with Gasteiger partial charge in [-0.15, -0.1) is 12.6 Å². The normalized spacial score (nSPS) is 11.2. The standard InChI is InChI=1S/C45H49NO2.C44H47NO2.2Ca.O3S.3H2O.H/c1-8-9-10-42(47)37-13-11-33(12-14-37)29-41(36-17-15-34(16-18-36)35-19-23-39(24-20-35)45(5,6)7)44(48)46-40-25-21-38(22-26-40)43-31(3)27-30(2)28-32(43)4;1-8-9-41(46)36-12-10-32(11-13-36)28-40(35-16-14-33(15-17-35)34-18-22-38(23-19-34)44(5,6)7)43(47)45-39-24-20-37(21-25-39)42-30(3)26-29(2)27-31(42)4;;;1-4(2)3;;;;/h11-28,41H,8-10,29H2,1-7H3,(H,46,48);10-27,40H,8-9,28H2,1-7H3,(H,45,47);;;;3*1H2;/q;;2*+2;;;;;-1/p-3/t41-;40-;;;;;;;/m11......./s1. The van der Waals surface area contributed by atoms with Crippen LogP contribution in [-0.4, -0.2) is 128 Å². The maximum atomic E-state index is 14.0. The fraction of sp³-hybridized carbons (Fsp3) is 0.281. The molecule has 0 fully saturated rings. The van der Waals surface area contributed by atoms with Crippen LogP contribution < -0.4 is 10.6 Å². The second-order valence-corrected chi connectivity index (χ2v) is 28.8. The van der Waals surface area contributed by atoms with Gasteiger partial charge in [0.05, 0.1) is 11.8 Å². The van der Waals surface area contributed by atoms with Crippen LogP contribution in [0, 0.1) is 41.5 Å². The van der Waals surface area contributed by atoms with Crippen molar-refractivity contribution in [1.29, 1.82) is 0 Å². The maximum absolute atomic E-state index is 14.0. The first kappa shape index (κ1) is 90.7. The molecule has 0 unspecified atom stereocenters. The Hall–Kier alpha value is -7.50. The van der Waals surface area contributed by atoms with Crippen molar-refractivity contribution in [1.82, 2.24) is 0 Å². The molecule has 0 aliphatic heterocycles. The topological polar surface area (TPSA) is 234 Å². The molecular weight excluding hydrogens is 1370 g/mol. The Morgan fingerprint density at radius 1 is 0.375 bits per heavy atom. The molecule has 0 saturated heterocycles. The molecule has 5 N–H and O–H groups in total. The first-order chi connectivity index (χ1) is 47.1. The number of hydrogen-bond donors (Lipinski definition) is 2. The van der Waals surface area contributed by atoms with Gasteiger partial charge in [0, 0.05) is 35.3 Å². The summed E-state index contributed by atoms with van der Waals surface area (Å²) in [6, 6.07) is 74.9. The largest absolute Gasteiger partial charge is 2.00 e. The number of unbranched alkanes of at least 4 members (excludes halogenated alkanes) is 1. The predicted octanol–water partition coefficient (Wildman–Crippen LogP) is 20.6. The SMILES string of the molecule is CCCC(=O)c1ccc(C[C@@H](C(=O)Nc2ccc(-c3c(C)cc(C)cc3C)cc2)c2ccc(-c3ccc(C(C)(C)C)cc3)cc2)cc1.CCCCC(=O)c1ccc(C[C@@H](C(=O)Nc2ccc(-c3c(C)cc(C)cc3C)cc2)c2ccc(-c3ccc(C(C)(C)C)cc3)cc2)cc1.O=S(=O)=O.[Ca+2].[Ca+2].[H-].[OH-].[OH-].[OH-]. The number of Topliss-reactive ketones (excluding diaryl/α,β-unsaturated/α-hetero) is 2. The van der Waals surface area contributed by atoms with Crippen molar-refractivity contribution in [3.05, 3.63) is 296 Å². The van der Waals surface area contributed by atoms with E-state index >= 15 is 0 Å². The van der Waals surface area contributed by atoms with Crippen LogP contribution in [0.5, 0.6) is 0 Å². The van der Waals surface area contributed by atoms with Crippen LogP contribution in [0.15, 0.2) is 218 Å². The van der Waals surface area contributed by atoms with Gasteiger partial charge in [-0.05, 0) is 202 Å². The van der Waals surface area contributed by atoms with E-state index in [4.69, 9.17) is 12.6 Å². The number of amides is 2. The summed E-state index contributed by atoms with van der Waals surface area (Å²) in [5.41, 5.74) is 26.5. The van der Waals surface area contributed by atoms with E-state index in [1.54, 1.807) is 0 Å². The molecule has 0 bridgehead atoms. The van der Waals surface area contributed by atoms with E-state index in [2.05, 4.69) is 246 Å². The van der Waals surface area contributed by atoms with E-state index in [0.717, 1.165) is 97.4 Å². The molecule has 0 radical (unpaired) electrons. The van der Waals surface area contributed by atoms with Crippen LogP contribution in [0.4, 0.5) is 11.4 Å². The van der Waals surface area contributed by atoms with Crippen molar-refractivity contribution in [2.75, 3.05) is 10.6 Å². The number of carbonyl (C=O) groups is 4. The third-order valence-corrected chi connectivity index (χ3v) is 18.3. The number of carbonyl (C=O) groups excluding carboxylic acids is 4. The molecule has 0 aliphatic rings. The quantitative estimate of drug-likeness (QED) is 0.0510. The van der Waals surface area contributed by atoms with Crippen LogP contribution in [-0.2, 0) is 43.9 Å². The van der Waals surface area contributed by atoms with E-state index in [9.17, 15) is 19.2 Å².